The number of nitro benzene ring substituents is 1. The molecule has 158 valence electrons. The number of anilines is 1. The minimum atomic E-state index is -0.529. The van der Waals surface area contributed by atoms with Crippen LogP contribution in [0.1, 0.15) is 15.9 Å². The molecule has 0 spiro atoms. The van der Waals surface area contributed by atoms with Crippen molar-refractivity contribution in [3.8, 4) is 5.75 Å². The van der Waals surface area contributed by atoms with Gasteiger partial charge in [-0.3, -0.25) is 14.9 Å². The van der Waals surface area contributed by atoms with Crippen LogP contribution in [0.5, 0.6) is 5.75 Å². The van der Waals surface area contributed by atoms with Gasteiger partial charge in [0.1, 0.15) is 0 Å². The number of amides is 1. The fourth-order valence-corrected chi connectivity index (χ4v) is 3.33. The number of nitro groups is 1. The normalized spacial score (nSPS) is 10.5. The summed E-state index contributed by atoms with van der Waals surface area (Å²) in [6.45, 7) is 0. The summed E-state index contributed by atoms with van der Waals surface area (Å²) in [5.74, 6) is -0.645. The Morgan fingerprint density at radius 3 is 2.31 bits per heavy atom. The highest BCUT2D eigenvalue weighted by Gasteiger charge is 2.16. The summed E-state index contributed by atoms with van der Waals surface area (Å²) in [5, 5.41) is 15.2. The maximum atomic E-state index is 12.9. The number of carbonyl (C=O) groups excluding carboxylic acids is 2. The smallest absolute Gasteiger partial charge is 0.344 e. The number of fused-ring (bicyclic) bond motifs is 1. The first-order valence-corrected chi connectivity index (χ1v) is 9.83. The zero-order valence-corrected chi connectivity index (χ0v) is 16.9. The molecule has 0 aliphatic rings. The molecule has 4 aromatic rings. The second-order valence-corrected chi connectivity index (χ2v) is 7.06. The van der Waals surface area contributed by atoms with E-state index in [1.807, 2.05) is 30.3 Å². The van der Waals surface area contributed by atoms with E-state index in [1.165, 1.54) is 24.3 Å². The third-order valence-corrected chi connectivity index (χ3v) is 4.89. The van der Waals surface area contributed by atoms with Gasteiger partial charge in [0.2, 0.25) is 5.91 Å². The summed E-state index contributed by atoms with van der Waals surface area (Å²) >= 11 is 0. The van der Waals surface area contributed by atoms with Crippen molar-refractivity contribution >= 4 is 34.0 Å². The van der Waals surface area contributed by atoms with Crippen molar-refractivity contribution in [3.05, 3.63) is 112 Å². The minimum absolute atomic E-state index is 0.0175. The van der Waals surface area contributed by atoms with Crippen molar-refractivity contribution < 1.29 is 19.2 Å². The summed E-state index contributed by atoms with van der Waals surface area (Å²) in [6.07, 6.45) is 0.0175. The first kappa shape index (κ1) is 20.7. The number of ether oxygens (including phenoxy) is 1. The molecule has 0 unspecified atom stereocenters. The molecule has 1 N–H and O–H groups in total. The van der Waals surface area contributed by atoms with Crippen LogP contribution in [0.4, 0.5) is 11.4 Å². The Bertz CT molecular complexity index is 1310. The van der Waals surface area contributed by atoms with Crippen molar-refractivity contribution in [1.29, 1.82) is 0 Å². The van der Waals surface area contributed by atoms with E-state index in [4.69, 9.17) is 4.74 Å². The van der Waals surface area contributed by atoms with Gasteiger partial charge in [0.15, 0.2) is 5.75 Å². The predicted octanol–water partition coefficient (Wildman–Crippen LogP) is 5.15. The molecule has 4 rings (SSSR count). The molecule has 0 heterocycles. The molecule has 0 aliphatic heterocycles. The number of hydrogen-bond donors (Lipinski definition) is 1. The number of nitrogens with one attached hydrogen (secondary N) is 1. The van der Waals surface area contributed by atoms with Gasteiger partial charge in [-0.25, -0.2) is 4.79 Å². The Kier molecular flexibility index (Phi) is 5.89. The number of esters is 1. The lowest BCUT2D eigenvalue weighted by atomic mass is 10.0. The van der Waals surface area contributed by atoms with Crippen LogP contribution in [0.25, 0.3) is 10.8 Å². The zero-order valence-electron chi connectivity index (χ0n) is 16.9. The first-order chi connectivity index (χ1) is 15.5. The summed E-state index contributed by atoms with van der Waals surface area (Å²) < 4.78 is 5.60. The Hall–Kier alpha value is -4.52. The van der Waals surface area contributed by atoms with Crippen LogP contribution < -0.4 is 10.1 Å². The van der Waals surface area contributed by atoms with E-state index in [-0.39, 0.29) is 23.8 Å². The average molecular weight is 426 g/mol. The van der Waals surface area contributed by atoms with E-state index >= 15 is 0 Å². The lowest BCUT2D eigenvalue weighted by Gasteiger charge is -2.12. The molecular formula is C25H18N2O5. The molecular weight excluding hydrogens is 408 g/mol. The third kappa shape index (κ3) is 4.62. The summed E-state index contributed by atoms with van der Waals surface area (Å²) in [6, 6.07) is 25.3. The molecule has 0 saturated heterocycles. The molecule has 0 aromatic heterocycles. The third-order valence-electron chi connectivity index (χ3n) is 4.89. The topological polar surface area (TPSA) is 98.5 Å². The van der Waals surface area contributed by atoms with Crippen molar-refractivity contribution in [1.82, 2.24) is 0 Å². The average Bonchev–Trinajstić information content (AvgIpc) is 2.80. The van der Waals surface area contributed by atoms with Crippen molar-refractivity contribution in [3.63, 3.8) is 0 Å². The molecule has 32 heavy (non-hydrogen) atoms. The van der Waals surface area contributed by atoms with Gasteiger partial charge in [-0.15, -0.1) is 0 Å². The SMILES string of the molecule is O=C(Cc1ccc([N+](=O)[O-])cc1)Nc1ccccc1OC(=O)c1cccc2ccccc12. The molecule has 7 heteroatoms. The van der Waals surface area contributed by atoms with E-state index < -0.39 is 10.9 Å². The Balaban J connectivity index is 1.49. The highest BCUT2D eigenvalue weighted by molar-refractivity contribution is 6.05. The standard InChI is InChI=1S/C25H18N2O5/c28-24(16-17-12-14-19(15-13-17)27(30)31)26-22-10-3-4-11-23(22)32-25(29)21-9-5-7-18-6-1-2-8-20(18)21/h1-15H,16H2,(H,26,28). The molecule has 4 aromatic carbocycles. The molecule has 0 atom stereocenters. The van der Waals surface area contributed by atoms with Crippen LogP contribution >= 0.6 is 0 Å². The fraction of sp³-hybridized carbons (Fsp3) is 0.0400. The van der Waals surface area contributed by atoms with E-state index in [0.29, 0.717) is 16.8 Å². The van der Waals surface area contributed by atoms with E-state index in [9.17, 15) is 19.7 Å². The van der Waals surface area contributed by atoms with Crippen molar-refractivity contribution in [2.75, 3.05) is 5.32 Å². The maximum absolute atomic E-state index is 12.9. The van der Waals surface area contributed by atoms with E-state index in [0.717, 1.165) is 10.8 Å². The van der Waals surface area contributed by atoms with Gasteiger partial charge in [-0.05, 0) is 34.5 Å². The van der Waals surface area contributed by atoms with Crippen molar-refractivity contribution in [2.24, 2.45) is 0 Å². The Morgan fingerprint density at radius 2 is 1.53 bits per heavy atom. The molecule has 0 fully saturated rings. The predicted molar refractivity (Wildman–Crippen MR) is 121 cm³/mol. The lowest BCUT2D eigenvalue weighted by Crippen LogP contribution is -2.16. The lowest BCUT2D eigenvalue weighted by molar-refractivity contribution is -0.384. The molecule has 0 bridgehead atoms. The molecule has 0 saturated carbocycles. The number of benzene rings is 4. The highest BCUT2D eigenvalue weighted by atomic mass is 16.6. The Morgan fingerprint density at radius 1 is 0.844 bits per heavy atom. The number of nitrogens with zero attached hydrogens (tertiary/aromatic N) is 1. The minimum Gasteiger partial charge on any atom is -0.421 e. The highest BCUT2D eigenvalue weighted by Crippen LogP contribution is 2.27. The summed E-state index contributed by atoms with van der Waals surface area (Å²) in [5.41, 5.74) is 1.36. The van der Waals surface area contributed by atoms with Crippen LogP contribution in [0.2, 0.25) is 0 Å². The maximum Gasteiger partial charge on any atom is 0.344 e. The van der Waals surface area contributed by atoms with E-state index in [2.05, 4.69) is 5.32 Å². The number of carbonyl (C=O) groups is 2. The number of rotatable bonds is 6. The Labute approximate surface area is 183 Å². The van der Waals surface area contributed by atoms with Gasteiger partial charge in [-0.1, -0.05) is 60.7 Å². The second-order valence-electron chi connectivity index (χ2n) is 7.06. The van der Waals surface area contributed by atoms with Gasteiger partial charge < -0.3 is 10.1 Å². The largest absolute Gasteiger partial charge is 0.421 e. The molecule has 0 radical (unpaired) electrons. The van der Waals surface area contributed by atoms with Crippen LogP contribution in [0.15, 0.2) is 91.0 Å². The summed E-state index contributed by atoms with van der Waals surface area (Å²) in [7, 11) is 0. The second kappa shape index (κ2) is 9.09. The molecule has 7 nitrogen and oxygen atoms in total. The first-order valence-electron chi connectivity index (χ1n) is 9.83. The van der Waals surface area contributed by atoms with E-state index in [1.54, 1.807) is 36.4 Å². The zero-order chi connectivity index (χ0) is 22.5. The van der Waals surface area contributed by atoms with Gasteiger partial charge in [0.05, 0.1) is 22.6 Å². The fourth-order valence-electron chi connectivity index (χ4n) is 3.33. The number of non-ortho nitro benzene ring substituents is 1. The summed E-state index contributed by atoms with van der Waals surface area (Å²) in [4.78, 5) is 35.6. The number of para-hydroxylation sites is 2. The van der Waals surface area contributed by atoms with Crippen LogP contribution in [0, 0.1) is 10.1 Å². The monoisotopic (exact) mass is 426 g/mol. The van der Waals surface area contributed by atoms with Crippen LogP contribution in [-0.2, 0) is 11.2 Å². The number of hydrogen-bond acceptors (Lipinski definition) is 5. The van der Waals surface area contributed by atoms with Gasteiger partial charge >= 0.3 is 5.97 Å². The van der Waals surface area contributed by atoms with Crippen LogP contribution in [-0.4, -0.2) is 16.8 Å². The quantitative estimate of drug-likeness (QED) is 0.199. The molecule has 1 amide bonds. The van der Waals surface area contributed by atoms with Gasteiger partial charge in [0, 0.05) is 12.1 Å². The van der Waals surface area contributed by atoms with Crippen molar-refractivity contribution in [2.45, 2.75) is 6.42 Å². The van der Waals surface area contributed by atoms with Gasteiger partial charge in [0.25, 0.3) is 5.69 Å². The van der Waals surface area contributed by atoms with Gasteiger partial charge in [-0.2, -0.15) is 0 Å². The van der Waals surface area contributed by atoms with Crippen LogP contribution in [0.3, 0.4) is 0 Å². The molecule has 0 aliphatic carbocycles.